The van der Waals surface area contributed by atoms with Crippen LogP contribution in [0.1, 0.15) is 77.5 Å². The molecular formula is C37H62F7N14NaO11. The van der Waals surface area contributed by atoms with Crippen LogP contribution >= 0.6 is 0 Å². The maximum atomic E-state index is 11.9. The summed E-state index contributed by atoms with van der Waals surface area (Å²) in [7, 11) is 0. The van der Waals surface area contributed by atoms with Crippen LogP contribution in [0.4, 0.5) is 30.7 Å². The Morgan fingerprint density at radius 3 is 1.19 bits per heavy atom. The molecule has 0 saturated heterocycles. The third-order valence-corrected chi connectivity index (χ3v) is 7.19. The van der Waals surface area contributed by atoms with Crippen LogP contribution in [0.15, 0.2) is 24.8 Å². The molecule has 33 heteroatoms. The topological polar surface area (TPSA) is 334 Å². The zero-order chi connectivity index (χ0) is 52.7. The molecule has 0 aliphatic rings. The number of aliphatic carboxylic acids is 1. The second-order valence-electron chi connectivity index (χ2n) is 12.7. The number of aromatic nitrogens is 12. The van der Waals surface area contributed by atoms with E-state index in [0.717, 1.165) is 23.9 Å². The van der Waals surface area contributed by atoms with E-state index in [4.69, 9.17) is 30.9 Å². The molecule has 0 atom stereocenters. The molecule has 0 amide bonds. The van der Waals surface area contributed by atoms with Gasteiger partial charge in [0.05, 0.1) is 70.6 Å². The minimum absolute atomic E-state index is 0. The largest absolute Gasteiger partial charge is 1.00 e. The number of rotatable bonds is 23. The Morgan fingerprint density at radius 2 is 0.914 bits per heavy atom. The Hall–Kier alpha value is -5.25. The average molecular weight is 1040 g/mol. The van der Waals surface area contributed by atoms with Gasteiger partial charge >= 0.3 is 65.8 Å². The molecule has 4 heterocycles. The van der Waals surface area contributed by atoms with Crippen molar-refractivity contribution in [2.75, 3.05) is 47.2 Å². The molecular weight excluding hydrogens is 972 g/mol. The number of hydrogen-bond acceptors (Lipinski definition) is 20. The van der Waals surface area contributed by atoms with E-state index >= 15 is 0 Å². The molecule has 0 bridgehead atoms. The van der Waals surface area contributed by atoms with Crippen LogP contribution in [0, 0.1) is 0 Å². The Labute approximate surface area is 421 Å². The summed E-state index contributed by atoms with van der Waals surface area (Å²) in [6, 6.07) is 0. The monoisotopic (exact) mass is 1040 g/mol. The van der Waals surface area contributed by atoms with Crippen LogP contribution in [0.25, 0.3) is 0 Å². The predicted octanol–water partition coefficient (Wildman–Crippen LogP) is -1.17. The first-order chi connectivity index (χ1) is 32.7. The number of ether oxygens (including phenoxy) is 3. The van der Waals surface area contributed by atoms with Crippen molar-refractivity contribution in [3.8, 4) is 0 Å². The molecule has 0 aliphatic heterocycles. The number of hydrogen-bond donors (Lipinski definition) is 5. The number of aliphatic hydroxyl groups excluding tert-OH is 2. The van der Waals surface area contributed by atoms with Crippen LogP contribution in [0.3, 0.4) is 0 Å². The van der Waals surface area contributed by atoms with Crippen molar-refractivity contribution in [3.05, 3.63) is 47.6 Å². The van der Waals surface area contributed by atoms with Crippen molar-refractivity contribution < 1.29 is 116 Å². The fraction of sp³-hybridized carbons (Fsp3) is 0.676. The van der Waals surface area contributed by atoms with Gasteiger partial charge in [-0.05, 0) is 53.1 Å². The van der Waals surface area contributed by atoms with Crippen molar-refractivity contribution in [1.82, 2.24) is 70.6 Å². The maximum Gasteiger partial charge on any atom is 1.00 e. The van der Waals surface area contributed by atoms with Gasteiger partial charge in [0.15, 0.2) is 0 Å². The quantitative estimate of drug-likeness (QED) is 0.0192. The summed E-state index contributed by atoms with van der Waals surface area (Å²) in [5.74, 6) is -2.10. The van der Waals surface area contributed by atoms with E-state index in [-0.39, 0.29) is 112 Å². The van der Waals surface area contributed by atoms with E-state index in [1.165, 1.54) is 26.4 Å². The summed E-state index contributed by atoms with van der Waals surface area (Å²) in [6.07, 6.45) is -2.83. The van der Waals surface area contributed by atoms with Gasteiger partial charge in [-0.15, -0.1) is 20.4 Å². The normalized spacial score (nSPS) is 10.4. The van der Waals surface area contributed by atoms with Gasteiger partial charge in [0.25, 0.3) is 0 Å². The molecule has 4 rings (SSSR count). The number of nitrogens with zero attached hydrogens (tertiary/aromatic N) is 12. The van der Waals surface area contributed by atoms with E-state index in [0.29, 0.717) is 43.4 Å². The summed E-state index contributed by atoms with van der Waals surface area (Å²) < 4.78 is 106. The van der Waals surface area contributed by atoms with Crippen molar-refractivity contribution >= 4 is 23.9 Å². The predicted molar refractivity (Wildman–Crippen MR) is 224 cm³/mol. The van der Waals surface area contributed by atoms with Gasteiger partial charge in [0, 0.05) is 39.2 Å². The number of aryl methyl sites for hydroxylation is 1. The first-order valence-electron chi connectivity index (χ1n) is 21.1. The summed E-state index contributed by atoms with van der Waals surface area (Å²) in [5, 5.41) is 59.4. The van der Waals surface area contributed by atoms with Crippen molar-refractivity contribution in [3.63, 3.8) is 0 Å². The summed E-state index contributed by atoms with van der Waals surface area (Å²) in [4.78, 5) is 43.5. The smallest absolute Gasteiger partial charge is 0.870 e. The number of carboxylic acid groups (broad SMARTS) is 1. The molecule has 0 radical (unpaired) electrons. The summed E-state index contributed by atoms with van der Waals surface area (Å²) in [6.45, 7) is 8.92. The molecule has 70 heavy (non-hydrogen) atoms. The molecule has 0 unspecified atom stereocenters. The van der Waals surface area contributed by atoms with E-state index in [2.05, 4.69) is 51.9 Å². The van der Waals surface area contributed by atoms with Crippen molar-refractivity contribution in [2.24, 2.45) is 0 Å². The maximum absolute atomic E-state index is 11.9. The second kappa shape index (κ2) is 42.6. The first-order valence-corrected chi connectivity index (χ1v) is 20.4. The van der Waals surface area contributed by atoms with Crippen molar-refractivity contribution in [1.29, 1.82) is 0 Å². The number of alkyl halides is 7. The minimum atomic E-state index is -4.13. The van der Waals surface area contributed by atoms with Crippen LogP contribution in [0.5, 0.6) is 0 Å². The summed E-state index contributed by atoms with van der Waals surface area (Å²) >= 11 is 0. The Balaban J connectivity index is -0.000000410. The zero-order valence-corrected chi connectivity index (χ0v) is 41.7. The number of aliphatic hydroxyl groups is 2. The van der Waals surface area contributed by atoms with E-state index < -0.39 is 44.3 Å². The van der Waals surface area contributed by atoms with Gasteiger partial charge in [-0.25, -0.2) is 18.7 Å². The Kier molecular flexibility index (Phi) is 42.0. The van der Waals surface area contributed by atoms with Crippen LogP contribution in [-0.2, 0) is 85.7 Å². The third-order valence-electron chi connectivity index (χ3n) is 7.19. The molecule has 4 aromatic rings. The molecule has 25 nitrogen and oxygen atoms in total. The molecule has 396 valence electrons. The van der Waals surface area contributed by atoms with Gasteiger partial charge in [0.1, 0.15) is 31.9 Å². The molecule has 0 saturated carbocycles. The molecule has 0 aromatic carbocycles. The number of carbonyl (C=O) groups excluding carboxylic acids is 3. The fourth-order valence-electron chi connectivity index (χ4n) is 4.48. The van der Waals surface area contributed by atoms with E-state index in [9.17, 15) is 49.9 Å². The average Bonchev–Trinajstić information content (AvgIpc) is 4.11. The van der Waals surface area contributed by atoms with Crippen LogP contribution < -0.4 is 40.2 Å². The van der Waals surface area contributed by atoms with Crippen LogP contribution in [-0.4, -0.2) is 164 Å². The number of esters is 3. The third kappa shape index (κ3) is 39.6. The van der Waals surface area contributed by atoms with E-state index in [1.54, 1.807) is 33.2 Å². The summed E-state index contributed by atoms with van der Waals surface area (Å²) in [5.41, 5.74) is 2.36. The number of nitrogens with one attached hydrogen (secondary N) is 2. The van der Waals surface area contributed by atoms with Crippen LogP contribution in [0.2, 0.25) is 0 Å². The van der Waals surface area contributed by atoms with Gasteiger partial charge < -0.3 is 45.6 Å². The standard InChI is InChI=1S/C11H17F3N4O2.C9H13F3N4O2.C8H13N3O2.C7H11N3O3.CH3F.CH4O.Na.H2O/c1-2-20-10(19)8-18-7-9(16-17-18)6-15-5-3-4-11(12,13)14;10-9(11,12)2-1-3-13-4-7-5-16(15-14-7)6-8(17)18;1-3-7-5-11(10-9-7)6-8(12)13-4-2;1-2-13-7(12)4-10-3-6(5-11)8-9-10;2*1-2;;/h7,15H,2-6,8H2,1H3;5,13H,1-4,6H2,(H,17,18);5H,3-4,6H2,1-2H3;3,11H,2,4-5H2,1H3;1H3;2H,1H3;;1H2/q;;;;;;+1;/p-1/i;;;;1D;;;. The molecule has 6 N–H and O–H groups in total. The molecule has 0 aliphatic carbocycles. The second-order valence-corrected chi connectivity index (χ2v) is 12.7. The molecule has 4 aromatic heterocycles. The first kappa shape index (κ1) is 69.0. The van der Waals surface area contributed by atoms with Gasteiger partial charge in [-0.1, -0.05) is 27.8 Å². The Morgan fingerprint density at radius 1 is 0.614 bits per heavy atom. The Bertz CT molecular complexity index is 1900. The van der Waals surface area contributed by atoms with Gasteiger partial charge in [-0.3, -0.25) is 23.6 Å². The molecule has 0 spiro atoms. The fourth-order valence-corrected chi connectivity index (χ4v) is 4.48. The number of carbonyl (C=O) groups is 4. The van der Waals surface area contributed by atoms with Crippen molar-refractivity contribution in [2.45, 2.75) is 118 Å². The zero-order valence-electron chi connectivity index (χ0n) is 40.7. The number of carboxylic acids is 1. The minimum Gasteiger partial charge on any atom is -0.870 e. The van der Waals surface area contributed by atoms with Gasteiger partial charge in [-0.2, -0.15) is 26.3 Å². The van der Waals surface area contributed by atoms with E-state index in [1.807, 2.05) is 6.92 Å². The SMILES string of the molecule is CCOC(=O)Cn1cc(CC)nn1.CCOC(=O)Cn1cc(CNCCCC(F)(F)F)nn1.CCOC(=O)Cn1cc(CO)nn1.CO.O=C(O)Cn1cc(CNCCCC(F)(F)F)nn1.[2H]CF.[Na+].[OH-]. The van der Waals surface area contributed by atoms with Gasteiger partial charge in [0.2, 0.25) is 0 Å². The number of halogens is 7. The molecule has 0 fully saturated rings.